The van der Waals surface area contributed by atoms with Gasteiger partial charge >= 0.3 is 5.97 Å². The van der Waals surface area contributed by atoms with Gasteiger partial charge in [-0.1, -0.05) is 29.8 Å². The number of benzene rings is 2. The van der Waals surface area contributed by atoms with Crippen molar-refractivity contribution in [3.05, 3.63) is 70.4 Å². The van der Waals surface area contributed by atoms with Gasteiger partial charge in [-0.2, -0.15) is 0 Å². The second-order valence-electron chi connectivity index (χ2n) is 5.38. The molecule has 0 aliphatic carbocycles. The molecule has 0 N–H and O–H groups in total. The number of nitrogens with zero attached hydrogens (tertiary/aromatic N) is 1. The van der Waals surface area contributed by atoms with Crippen LogP contribution in [0.2, 0.25) is 5.02 Å². The first-order chi connectivity index (χ1) is 11.2. The van der Waals surface area contributed by atoms with Gasteiger partial charge in [-0.3, -0.25) is 9.36 Å². The first-order valence-corrected chi connectivity index (χ1v) is 7.64. The third-order valence-corrected chi connectivity index (χ3v) is 4.30. The molecule has 4 rings (SSSR count). The van der Waals surface area contributed by atoms with Crippen LogP contribution in [-0.2, 0) is 11.2 Å². The molecule has 3 aromatic rings. The predicted molar refractivity (Wildman–Crippen MR) is 87.1 cm³/mol. The summed E-state index contributed by atoms with van der Waals surface area (Å²) < 4.78 is 6.60. The van der Waals surface area contributed by atoms with E-state index in [9.17, 15) is 9.59 Å². The molecule has 0 amide bonds. The van der Waals surface area contributed by atoms with Gasteiger partial charge in [0, 0.05) is 22.4 Å². The molecule has 0 spiro atoms. The zero-order valence-electron chi connectivity index (χ0n) is 12.1. The molecular weight excluding hydrogens is 314 g/mol. The second-order valence-corrected chi connectivity index (χ2v) is 5.81. The second kappa shape index (κ2) is 5.25. The molecule has 1 aliphatic heterocycles. The number of esters is 1. The Morgan fingerprint density at radius 3 is 2.61 bits per heavy atom. The Morgan fingerprint density at radius 1 is 1.09 bits per heavy atom. The number of hydrogen-bond acceptors (Lipinski definition) is 3. The van der Waals surface area contributed by atoms with Crippen LogP contribution in [0, 0.1) is 0 Å². The Balaban J connectivity index is 1.99. The van der Waals surface area contributed by atoms with Crippen LogP contribution in [0.4, 0.5) is 0 Å². The minimum atomic E-state index is -0.454. The Kier molecular flexibility index (Phi) is 3.20. The number of rotatable bonds is 1. The van der Waals surface area contributed by atoms with Crippen molar-refractivity contribution >= 4 is 34.4 Å². The van der Waals surface area contributed by atoms with E-state index in [0.29, 0.717) is 29.3 Å². The highest BCUT2D eigenvalue weighted by Crippen LogP contribution is 2.30. The van der Waals surface area contributed by atoms with Gasteiger partial charge in [-0.15, -0.1) is 0 Å². The minimum Gasteiger partial charge on any atom is -0.461 e. The lowest BCUT2D eigenvalue weighted by molar-refractivity contribution is 0.0464. The van der Waals surface area contributed by atoms with Crippen molar-refractivity contribution in [2.24, 2.45) is 0 Å². The third kappa shape index (κ3) is 2.14. The van der Waals surface area contributed by atoms with Gasteiger partial charge in [0.15, 0.2) is 0 Å². The monoisotopic (exact) mass is 325 g/mol. The van der Waals surface area contributed by atoms with Gasteiger partial charge < -0.3 is 4.74 Å². The van der Waals surface area contributed by atoms with E-state index in [2.05, 4.69) is 0 Å². The fourth-order valence-corrected chi connectivity index (χ4v) is 3.15. The Morgan fingerprint density at radius 2 is 1.83 bits per heavy atom. The van der Waals surface area contributed by atoms with Crippen LogP contribution in [0.25, 0.3) is 10.9 Å². The number of hydrogen-bond donors (Lipinski definition) is 0. The summed E-state index contributed by atoms with van der Waals surface area (Å²) >= 11 is 5.88. The largest absolute Gasteiger partial charge is 0.461 e. The Labute approximate surface area is 137 Å². The highest BCUT2D eigenvalue weighted by atomic mass is 35.5. The van der Waals surface area contributed by atoms with E-state index in [1.54, 1.807) is 24.3 Å². The molecule has 1 aliphatic rings. The van der Waals surface area contributed by atoms with Gasteiger partial charge in [0.05, 0.1) is 12.1 Å². The first kappa shape index (κ1) is 14.0. The van der Waals surface area contributed by atoms with Gasteiger partial charge in [-0.25, -0.2) is 4.79 Å². The number of carbonyl (C=O) groups is 2. The molecule has 0 bridgehead atoms. The SMILES string of the molecule is O=C1OCCc2c1n(C(=O)c1ccc(Cl)cc1)c1ccccc21. The average Bonchev–Trinajstić information content (AvgIpc) is 2.91. The van der Waals surface area contributed by atoms with E-state index in [1.807, 2.05) is 24.3 Å². The maximum Gasteiger partial charge on any atom is 0.355 e. The van der Waals surface area contributed by atoms with E-state index < -0.39 is 5.97 Å². The lowest BCUT2D eigenvalue weighted by Crippen LogP contribution is -2.24. The molecule has 0 saturated carbocycles. The lowest BCUT2D eigenvalue weighted by Gasteiger charge is -2.15. The number of aromatic nitrogens is 1. The fourth-order valence-electron chi connectivity index (χ4n) is 3.02. The molecule has 5 heteroatoms. The summed E-state index contributed by atoms with van der Waals surface area (Å²) in [4.78, 5) is 25.2. The van der Waals surface area contributed by atoms with Crippen LogP contribution in [0.1, 0.15) is 26.4 Å². The highest BCUT2D eigenvalue weighted by molar-refractivity contribution is 6.30. The summed E-state index contributed by atoms with van der Waals surface area (Å²) in [7, 11) is 0. The molecule has 23 heavy (non-hydrogen) atoms. The Hall–Kier alpha value is -2.59. The lowest BCUT2D eigenvalue weighted by atomic mass is 10.1. The summed E-state index contributed by atoms with van der Waals surface area (Å²) in [5.74, 6) is -0.720. The molecule has 2 aromatic carbocycles. The van der Waals surface area contributed by atoms with Crippen LogP contribution in [-0.4, -0.2) is 23.1 Å². The zero-order valence-corrected chi connectivity index (χ0v) is 12.8. The number of fused-ring (bicyclic) bond motifs is 3. The van der Waals surface area contributed by atoms with Crippen molar-refractivity contribution in [2.75, 3.05) is 6.61 Å². The van der Waals surface area contributed by atoms with E-state index in [1.165, 1.54) is 4.57 Å². The van der Waals surface area contributed by atoms with Crippen molar-refractivity contribution in [1.29, 1.82) is 0 Å². The van der Waals surface area contributed by atoms with Gasteiger partial charge in [0.1, 0.15) is 5.69 Å². The number of ether oxygens (including phenoxy) is 1. The van der Waals surface area contributed by atoms with Crippen LogP contribution in [0.3, 0.4) is 0 Å². The smallest absolute Gasteiger partial charge is 0.355 e. The van der Waals surface area contributed by atoms with Crippen molar-refractivity contribution in [3.63, 3.8) is 0 Å². The van der Waals surface area contributed by atoms with Crippen LogP contribution in [0.15, 0.2) is 48.5 Å². The topological polar surface area (TPSA) is 48.3 Å². The minimum absolute atomic E-state index is 0.266. The molecule has 0 fully saturated rings. The van der Waals surface area contributed by atoms with Gasteiger partial charge in [0.25, 0.3) is 5.91 Å². The molecule has 0 unspecified atom stereocenters. The van der Waals surface area contributed by atoms with Crippen LogP contribution in [0.5, 0.6) is 0 Å². The van der Waals surface area contributed by atoms with E-state index in [-0.39, 0.29) is 5.91 Å². The fraction of sp³-hybridized carbons (Fsp3) is 0.111. The molecule has 2 heterocycles. The molecule has 0 atom stereocenters. The highest BCUT2D eigenvalue weighted by Gasteiger charge is 2.30. The quantitative estimate of drug-likeness (QED) is 0.641. The standard InChI is InChI=1S/C18H12ClNO3/c19-12-7-5-11(6-8-12)17(21)20-15-4-2-1-3-13(15)14-9-10-23-18(22)16(14)20/h1-8H,9-10H2. The average molecular weight is 326 g/mol. The van der Waals surface area contributed by atoms with Crippen molar-refractivity contribution in [1.82, 2.24) is 4.57 Å². The molecule has 4 nitrogen and oxygen atoms in total. The molecule has 0 radical (unpaired) electrons. The number of para-hydroxylation sites is 1. The predicted octanol–water partition coefficient (Wildman–Crippen LogP) is 3.70. The third-order valence-electron chi connectivity index (χ3n) is 4.05. The van der Waals surface area contributed by atoms with Crippen molar-refractivity contribution < 1.29 is 14.3 Å². The van der Waals surface area contributed by atoms with Crippen LogP contribution < -0.4 is 0 Å². The molecular formula is C18H12ClNO3. The summed E-state index contributed by atoms with van der Waals surface area (Å²) in [6, 6.07) is 14.1. The summed E-state index contributed by atoms with van der Waals surface area (Å²) in [5, 5.41) is 1.47. The van der Waals surface area contributed by atoms with Crippen LogP contribution >= 0.6 is 11.6 Å². The van der Waals surface area contributed by atoms with E-state index in [4.69, 9.17) is 16.3 Å². The first-order valence-electron chi connectivity index (χ1n) is 7.26. The van der Waals surface area contributed by atoms with E-state index >= 15 is 0 Å². The van der Waals surface area contributed by atoms with Gasteiger partial charge in [0.2, 0.25) is 0 Å². The number of halogens is 1. The summed E-state index contributed by atoms with van der Waals surface area (Å²) in [6.07, 6.45) is 0.614. The number of cyclic esters (lactones) is 1. The normalized spacial score (nSPS) is 13.7. The van der Waals surface area contributed by atoms with Gasteiger partial charge in [-0.05, 0) is 35.9 Å². The number of carbonyl (C=O) groups excluding carboxylic acids is 2. The molecule has 114 valence electrons. The molecule has 0 saturated heterocycles. The van der Waals surface area contributed by atoms with Crippen molar-refractivity contribution in [2.45, 2.75) is 6.42 Å². The molecule has 1 aromatic heterocycles. The Bertz CT molecular complexity index is 941. The summed E-state index contributed by atoms with van der Waals surface area (Å²) in [5.41, 5.74) is 2.39. The van der Waals surface area contributed by atoms with Crippen molar-refractivity contribution in [3.8, 4) is 0 Å². The van der Waals surface area contributed by atoms with E-state index in [0.717, 1.165) is 16.5 Å². The maximum absolute atomic E-state index is 13.0. The maximum atomic E-state index is 13.0. The zero-order chi connectivity index (χ0) is 16.0. The summed E-state index contributed by atoms with van der Waals surface area (Å²) in [6.45, 7) is 0.342.